The van der Waals surface area contributed by atoms with Crippen molar-refractivity contribution in [2.24, 2.45) is 0 Å². The van der Waals surface area contributed by atoms with Crippen molar-refractivity contribution in [3.8, 4) is 0 Å². The topological polar surface area (TPSA) is 75.0 Å². The molecule has 34 heavy (non-hydrogen) atoms. The van der Waals surface area contributed by atoms with Crippen molar-refractivity contribution in [1.82, 2.24) is 9.80 Å². The van der Waals surface area contributed by atoms with Crippen LogP contribution in [0, 0.1) is 12.7 Å². The van der Waals surface area contributed by atoms with E-state index in [4.69, 9.17) is 9.15 Å². The predicted molar refractivity (Wildman–Crippen MR) is 131 cm³/mol. The minimum Gasteiger partial charge on any atom is -0.464 e. The Morgan fingerprint density at radius 3 is 2.41 bits per heavy atom. The lowest BCUT2D eigenvalue weighted by molar-refractivity contribution is -0.133. The molecule has 0 aliphatic rings. The average Bonchev–Trinajstić information content (AvgIpc) is 3.23. The zero-order valence-corrected chi connectivity index (χ0v) is 20.7. The third-order valence-electron chi connectivity index (χ3n) is 5.08. The Bertz CT molecular complexity index is 1100. The first-order valence-electron chi connectivity index (χ1n) is 10.7. The maximum absolute atomic E-state index is 13.4. The number of aryl methyl sites for hydroxylation is 1. The standard InChI is InChI=1S/C25H27BrFN3O4/c1-18-7-12-21(34-18)16-30(15-19-8-10-20(27)11-9-19)24(31)17-29(13-14-33-2)25(32)28-23-6-4-3-5-22(23)26/h3-12H,13-17H2,1-2H3,(H,28,32). The van der Waals surface area contributed by atoms with E-state index in [-0.39, 0.29) is 44.5 Å². The van der Waals surface area contributed by atoms with E-state index < -0.39 is 6.03 Å². The number of nitrogens with zero attached hydrogens (tertiary/aromatic N) is 2. The largest absolute Gasteiger partial charge is 0.464 e. The number of para-hydroxylation sites is 1. The summed E-state index contributed by atoms with van der Waals surface area (Å²) in [6.45, 7) is 2.61. The summed E-state index contributed by atoms with van der Waals surface area (Å²) in [4.78, 5) is 29.3. The monoisotopic (exact) mass is 531 g/mol. The third kappa shape index (κ3) is 7.43. The molecule has 0 unspecified atom stereocenters. The minimum absolute atomic E-state index is 0.166. The molecule has 1 aromatic heterocycles. The van der Waals surface area contributed by atoms with Gasteiger partial charge in [-0.1, -0.05) is 24.3 Å². The molecular weight excluding hydrogens is 505 g/mol. The second-order valence-corrected chi connectivity index (χ2v) is 8.57. The number of halogens is 2. The van der Waals surface area contributed by atoms with Crippen LogP contribution in [-0.4, -0.2) is 48.5 Å². The van der Waals surface area contributed by atoms with E-state index in [1.165, 1.54) is 24.1 Å². The van der Waals surface area contributed by atoms with Crippen LogP contribution in [-0.2, 0) is 22.6 Å². The number of carbonyl (C=O) groups excluding carboxylic acids is 2. The first kappa shape index (κ1) is 25.5. The molecule has 0 aliphatic heterocycles. The summed E-state index contributed by atoms with van der Waals surface area (Å²) in [7, 11) is 1.53. The number of methoxy groups -OCH3 is 1. The molecule has 0 radical (unpaired) electrons. The first-order chi connectivity index (χ1) is 16.4. The maximum Gasteiger partial charge on any atom is 0.322 e. The lowest BCUT2D eigenvalue weighted by Crippen LogP contribution is -2.45. The van der Waals surface area contributed by atoms with E-state index >= 15 is 0 Å². The van der Waals surface area contributed by atoms with Gasteiger partial charge in [-0.05, 0) is 64.8 Å². The number of furan rings is 1. The molecule has 0 atom stereocenters. The lowest BCUT2D eigenvalue weighted by Gasteiger charge is -2.27. The third-order valence-corrected chi connectivity index (χ3v) is 5.77. The molecule has 7 nitrogen and oxygen atoms in total. The Labute approximate surface area is 206 Å². The Morgan fingerprint density at radius 1 is 1.03 bits per heavy atom. The highest BCUT2D eigenvalue weighted by Gasteiger charge is 2.23. The number of urea groups is 1. The number of hydrogen-bond acceptors (Lipinski definition) is 4. The van der Waals surface area contributed by atoms with Crippen molar-refractivity contribution in [1.29, 1.82) is 0 Å². The van der Waals surface area contributed by atoms with Gasteiger partial charge in [0.05, 0.1) is 18.8 Å². The molecule has 0 bridgehead atoms. The number of rotatable bonds is 10. The van der Waals surface area contributed by atoms with Crippen molar-refractivity contribution >= 4 is 33.6 Å². The van der Waals surface area contributed by atoms with Crippen LogP contribution in [0.15, 0.2) is 69.6 Å². The fraction of sp³-hybridized carbons (Fsp3) is 0.280. The maximum atomic E-state index is 13.4. The highest BCUT2D eigenvalue weighted by atomic mass is 79.9. The van der Waals surface area contributed by atoms with E-state index in [2.05, 4.69) is 21.2 Å². The van der Waals surface area contributed by atoms with E-state index in [0.717, 1.165) is 15.8 Å². The van der Waals surface area contributed by atoms with Crippen LogP contribution in [0.25, 0.3) is 0 Å². The van der Waals surface area contributed by atoms with Crippen molar-refractivity contribution < 1.29 is 23.1 Å². The lowest BCUT2D eigenvalue weighted by atomic mass is 10.2. The number of benzene rings is 2. The Morgan fingerprint density at radius 2 is 1.76 bits per heavy atom. The summed E-state index contributed by atoms with van der Waals surface area (Å²) in [5, 5.41) is 2.83. The molecule has 3 amide bonds. The van der Waals surface area contributed by atoms with Crippen LogP contribution < -0.4 is 5.32 Å². The number of hydrogen-bond donors (Lipinski definition) is 1. The van der Waals surface area contributed by atoms with E-state index in [1.54, 1.807) is 29.2 Å². The highest BCUT2D eigenvalue weighted by molar-refractivity contribution is 9.10. The molecule has 0 fully saturated rings. The molecule has 3 aromatic rings. The van der Waals surface area contributed by atoms with E-state index in [1.807, 2.05) is 31.2 Å². The molecule has 180 valence electrons. The van der Waals surface area contributed by atoms with Gasteiger partial charge in [0.1, 0.15) is 23.9 Å². The predicted octanol–water partition coefficient (Wildman–Crippen LogP) is 5.20. The molecule has 0 spiro atoms. The number of nitrogens with one attached hydrogen (secondary N) is 1. The summed E-state index contributed by atoms with van der Waals surface area (Å²) in [6, 6.07) is 16.4. The molecule has 9 heteroatoms. The Balaban J connectivity index is 1.77. The van der Waals surface area contributed by atoms with Crippen molar-refractivity contribution in [2.75, 3.05) is 32.1 Å². The van der Waals surface area contributed by atoms with Gasteiger partial charge in [0.2, 0.25) is 5.91 Å². The summed E-state index contributed by atoms with van der Waals surface area (Å²) >= 11 is 3.41. The highest BCUT2D eigenvalue weighted by Crippen LogP contribution is 2.22. The van der Waals surface area contributed by atoms with Crippen LogP contribution in [0.5, 0.6) is 0 Å². The molecular formula is C25H27BrFN3O4. The van der Waals surface area contributed by atoms with Gasteiger partial charge in [-0.25, -0.2) is 9.18 Å². The SMILES string of the molecule is COCCN(CC(=O)N(Cc1ccc(F)cc1)Cc1ccc(C)o1)C(=O)Nc1ccccc1Br. The molecule has 0 saturated heterocycles. The molecule has 3 rings (SSSR count). The number of anilines is 1. The fourth-order valence-corrected chi connectivity index (χ4v) is 3.66. The van der Waals surface area contributed by atoms with Gasteiger partial charge < -0.3 is 24.3 Å². The quantitative estimate of drug-likeness (QED) is 0.390. The number of amides is 3. The zero-order chi connectivity index (χ0) is 24.5. The van der Waals surface area contributed by atoms with Gasteiger partial charge in [-0.3, -0.25) is 4.79 Å². The van der Waals surface area contributed by atoms with Crippen LogP contribution in [0.2, 0.25) is 0 Å². The van der Waals surface area contributed by atoms with Gasteiger partial charge in [0.15, 0.2) is 0 Å². The van der Waals surface area contributed by atoms with Gasteiger partial charge in [0, 0.05) is 24.7 Å². The average molecular weight is 532 g/mol. The summed E-state index contributed by atoms with van der Waals surface area (Å²) in [5.74, 6) is 0.724. The molecule has 2 aromatic carbocycles. The zero-order valence-electron chi connectivity index (χ0n) is 19.1. The number of carbonyl (C=O) groups is 2. The Hall–Kier alpha value is -3.17. The van der Waals surface area contributed by atoms with E-state index in [0.29, 0.717) is 11.4 Å². The summed E-state index contributed by atoms with van der Waals surface area (Å²) < 4.78 is 24.9. The number of ether oxygens (including phenoxy) is 1. The molecule has 0 saturated carbocycles. The smallest absolute Gasteiger partial charge is 0.322 e. The normalized spacial score (nSPS) is 10.7. The second-order valence-electron chi connectivity index (χ2n) is 7.71. The molecule has 0 aliphatic carbocycles. The second kappa shape index (κ2) is 12.3. The molecule has 1 heterocycles. The van der Waals surface area contributed by atoms with Gasteiger partial charge in [0.25, 0.3) is 0 Å². The summed E-state index contributed by atoms with van der Waals surface area (Å²) in [5.41, 5.74) is 1.36. The van der Waals surface area contributed by atoms with Gasteiger partial charge in [-0.15, -0.1) is 0 Å². The molecule has 1 N–H and O–H groups in total. The first-order valence-corrected chi connectivity index (χ1v) is 11.5. The van der Waals surface area contributed by atoms with E-state index in [9.17, 15) is 14.0 Å². The summed E-state index contributed by atoms with van der Waals surface area (Å²) in [6.07, 6.45) is 0. The van der Waals surface area contributed by atoms with Gasteiger partial charge in [-0.2, -0.15) is 0 Å². The fourth-order valence-electron chi connectivity index (χ4n) is 3.27. The minimum atomic E-state index is -0.423. The van der Waals surface area contributed by atoms with Crippen molar-refractivity contribution in [3.63, 3.8) is 0 Å². The van der Waals surface area contributed by atoms with Crippen LogP contribution in [0.4, 0.5) is 14.9 Å². The van der Waals surface area contributed by atoms with Crippen molar-refractivity contribution in [3.05, 3.63) is 88.0 Å². The van der Waals surface area contributed by atoms with Gasteiger partial charge >= 0.3 is 6.03 Å². The van der Waals surface area contributed by atoms with Crippen LogP contribution >= 0.6 is 15.9 Å². The Kier molecular flexibility index (Phi) is 9.24. The van der Waals surface area contributed by atoms with Crippen molar-refractivity contribution in [2.45, 2.75) is 20.0 Å². The van der Waals surface area contributed by atoms with Crippen LogP contribution in [0.3, 0.4) is 0 Å². The van der Waals surface area contributed by atoms with Crippen LogP contribution in [0.1, 0.15) is 17.1 Å².